The highest BCUT2D eigenvalue weighted by Gasteiger charge is 2.21. The zero-order chi connectivity index (χ0) is 14.4. The van der Waals surface area contributed by atoms with Crippen LogP contribution in [-0.2, 0) is 6.54 Å². The molecule has 112 valence electrons. The molecule has 4 heteroatoms. The number of rotatable bonds is 6. The van der Waals surface area contributed by atoms with Crippen LogP contribution in [0.25, 0.3) is 0 Å². The summed E-state index contributed by atoms with van der Waals surface area (Å²) in [7, 11) is 4.42. The lowest BCUT2D eigenvalue weighted by molar-refractivity contribution is 0.113. The van der Waals surface area contributed by atoms with E-state index in [1.807, 2.05) is 13.0 Å². The Balaban J connectivity index is 1.78. The highest BCUT2D eigenvalue weighted by atomic mass is 16.5. The molecule has 1 aliphatic rings. The van der Waals surface area contributed by atoms with Gasteiger partial charge in [0.15, 0.2) is 0 Å². The van der Waals surface area contributed by atoms with Crippen molar-refractivity contribution >= 4 is 0 Å². The third-order valence-electron chi connectivity index (χ3n) is 3.90. The molecule has 1 heterocycles. The first-order chi connectivity index (χ1) is 9.69. The molecule has 1 N–H and O–H groups in total. The monoisotopic (exact) mass is 277 g/mol. The lowest BCUT2D eigenvalue weighted by atomic mass is 10.1. The summed E-state index contributed by atoms with van der Waals surface area (Å²) in [6.07, 6.45) is 0. The van der Waals surface area contributed by atoms with Crippen molar-refractivity contribution in [2.24, 2.45) is 0 Å². The second-order valence-corrected chi connectivity index (χ2v) is 5.61. The maximum absolute atomic E-state index is 5.53. The Kier molecular flexibility index (Phi) is 5.83. The summed E-state index contributed by atoms with van der Waals surface area (Å²) in [5.74, 6) is 0.960. The number of nitrogens with one attached hydrogen (secondary N) is 1. The van der Waals surface area contributed by atoms with E-state index in [2.05, 4.69) is 47.4 Å². The average Bonchev–Trinajstić information content (AvgIpc) is 2.43. The van der Waals surface area contributed by atoms with E-state index in [9.17, 15) is 0 Å². The van der Waals surface area contributed by atoms with Crippen molar-refractivity contribution in [1.82, 2.24) is 15.1 Å². The van der Waals surface area contributed by atoms with Gasteiger partial charge in [-0.1, -0.05) is 12.1 Å². The quantitative estimate of drug-likeness (QED) is 0.851. The molecule has 0 bridgehead atoms. The van der Waals surface area contributed by atoms with Gasteiger partial charge in [0.2, 0.25) is 0 Å². The van der Waals surface area contributed by atoms with Gasteiger partial charge in [0.25, 0.3) is 0 Å². The Morgan fingerprint density at radius 3 is 2.95 bits per heavy atom. The molecule has 1 aliphatic heterocycles. The predicted molar refractivity (Wildman–Crippen MR) is 83.2 cm³/mol. The van der Waals surface area contributed by atoms with Crippen LogP contribution < -0.4 is 10.1 Å². The fourth-order valence-corrected chi connectivity index (χ4v) is 2.62. The molecule has 1 aromatic carbocycles. The normalized spacial score (nSPS) is 21.1. The van der Waals surface area contributed by atoms with Gasteiger partial charge in [0.05, 0.1) is 6.61 Å². The van der Waals surface area contributed by atoms with Crippen molar-refractivity contribution in [2.75, 3.05) is 46.9 Å². The summed E-state index contributed by atoms with van der Waals surface area (Å²) in [6.45, 7) is 8.12. The van der Waals surface area contributed by atoms with E-state index in [-0.39, 0.29) is 0 Å². The van der Waals surface area contributed by atoms with E-state index in [0.29, 0.717) is 6.04 Å². The number of likely N-dealkylation sites (N-methyl/N-ethyl adjacent to an activating group) is 2. The maximum Gasteiger partial charge on any atom is 0.119 e. The van der Waals surface area contributed by atoms with Crippen molar-refractivity contribution in [3.05, 3.63) is 29.8 Å². The lowest BCUT2D eigenvalue weighted by Gasteiger charge is -2.37. The van der Waals surface area contributed by atoms with Gasteiger partial charge in [-0.15, -0.1) is 0 Å². The zero-order valence-electron chi connectivity index (χ0n) is 12.9. The Morgan fingerprint density at radius 2 is 2.15 bits per heavy atom. The predicted octanol–water partition coefficient (Wildman–Crippen LogP) is 1.42. The van der Waals surface area contributed by atoms with Gasteiger partial charge in [-0.05, 0) is 38.7 Å². The minimum absolute atomic E-state index is 0.601. The van der Waals surface area contributed by atoms with Crippen molar-refractivity contribution in [3.63, 3.8) is 0 Å². The lowest BCUT2D eigenvalue weighted by Crippen LogP contribution is -2.53. The van der Waals surface area contributed by atoms with Crippen LogP contribution in [0, 0.1) is 0 Å². The van der Waals surface area contributed by atoms with E-state index in [1.165, 1.54) is 12.1 Å². The summed E-state index contributed by atoms with van der Waals surface area (Å²) in [4.78, 5) is 4.85. The van der Waals surface area contributed by atoms with Crippen LogP contribution in [0.5, 0.6) is 5.75 Å². The largest absolute Gasteiger partial charge is 0.494 e. The molecular formula is C16H27N3O. The topological polar surface area (TPSA) is 27.7 Å². The maximum atomic E-state index is 5.53. The Labute approximate surface area is 122 Å². The fourth-order valence-electron chi connectivity index (χ4n) is 2.62. The molecule has 1 aromatic rings. The highest BCUT2D eigenvalue weighted by molar-refractivity contribution is 5.28. The van der Waals surface area contributed by atoms with Gasteiger partial charge in [-0.25, -0.2) is 0 Å². The van der Waals surface area contributed by atoms with Gasteiger partial charge >= 0.3 is 0 Å². The van der Waals surface area contributed by atoms with Crippen molar-refractivity contribution < 1.29 is 4.74 Å². The number of ether oxygens (including phenoxy) is 1. The minimum atomic E-state index is 0.601. The Hall–Kier alpha value is -1.10. The van der Waals surface area contributed by atoms with Gasteiger partial charge in [-0.3, -0.25) is 4.90 Å². The Morgan fingerprint density at radius 1 is 1.30 bits per heavy atom. The van der Waals surface area contributed by atoms with E-state index < -0.39 is 0 Å². The first-order valence-corrected chi connectivity index (χ1v) is 7.50. The smallest absolute Gasteiger partial charge is 0.119 e. The van der Waals surface area contributed by atoms with Crippen LogP contribution in [0.4, 0.5) is 0 Å². The summed E-state index contributed by atoms with van der Waals surface area (Å²) in [5, 5.41) is 3.57. The van der Waals surface area contributed by atoms with E-state index in [4.69, 9.17) is 4.74 Å². The van der Waals surface area contributed by atoms with Gasteiger partial charge in [0.1, 0.15) is 5.75 Å². The second kappa shape index (κ2) is 7.62. The van der Waals surface area contributed by atoms with E-state index >= 15 is 0 Å². The van der Waals surface area contributed by atoms with Crippen molar-refractivity contribution in [3.8, 4) is 5.75 Å². The summed E-state index contributed by atoms with van der Waals surface area (Å²) in [6, 6.07) is 8.93. The molecule has 0 radical (unpaired) electrons. The molecule has 20 heavy (non-hydrogen) atoms. The SMILES string of the molecule is CCOc1cccc(CNCC2CN(C)CCN2C)c1. The van der Waals surface area contributed by atoms with Crippen molar-refractivity contribution in [2.45, 2.75) is 19.5 Å². The first kappa shape index (κ1) is 15.3. The average molecular weight is 277 g/mol. The van der Waals surface area contributed by atoms with Crippen molar-refractivity contribution in [1.29, 1.82) is 0 Å². The van der Waals surface area contributed by atoms with Crippen LogP contribution in [0.3, 0.4) is 0 Å². The van der Waals surface area contributed by atoms with Crippen LogP contribution in [-0.4, -0.2) is 62.7 Å². The summed E-state index contributed by atoms with van der Waals surface area (Å²) >= 11 is 0. The first-order valence-electron chi connectivity index (χ1n) is 7.50. The molecule has 0 aliphatic carbocycles. The third kappa shape index (κ3) is 4.47. The molecule has 2 rings (SSSR count). The fraction of sp³-hybridized carbons (Fsp3) is 0.625. The second-order valence-electron chi connectivity index (χ2n) is 5.61. The van der Waals surface area contributed by atoms with E-state index in [0.717, 1.165) is 38.5 Å². The standard InChI is InChI=1S/C16H27N3O/c1-4-20-16-7-5-6-14(10-16)11-17-12-15-13-18(2)8-9-19(15)3/h5-7,10,15,17H,4,8-9,11-13H2,1-3H3. The Bertz CT molecular complexity index is 410. The molecule has 1 unspecified atom stereocenters. The highest BCUT2D eigenvalue weighted by Crippen LogP contribution is 2.13. The third-order valence-corrected chi connectivity index (χ3v) is 3.90. The molecular weight excluding hydrogens is 250 g/mol. The van der Waals surface area contributed by atoms with Crippen LogP contribution in [0.15, 0.2) is 24.3 Å². The summed E-state index contributed by atoms with van der Waals surface area (Å²) in [5.41, 5.74) is 1.28. The summed E-state index contributed by atoms with van der Waals surface area (Å²) < 4.78 is 5.53. The number of hydrogen-bond donors (Lipinski definition) is 1. The number of nitrogens with zero attached hydrogens (tertiary/aromatic N) is 2. The number of benzene rings is 1. The number of hydrogen-bond acceptors (Lipinski definition) is 4. The van der Waals surface area contributed by atoms with Crippen LogP contribution in [0.2, 0.25) is 0 Å². The molecule has 1 atom stereocenters. The van der Waals surface area contributed by atoms with E-state index in [1.54, 1.807) is 0 Å². The number of piperazine rings is 1. The molecule has 4 nitrogen and oxygen atoms in total. The molecule has 1 fully saturated rings. The molecule has 0 spiro atoms. The van der Waals surface area contributed by atoms with Gasteiger partial charge < -0.3 is 15.0 Å². The minimum Gasteiger partial charge on any atom is -0.494 e. The van der Waals surface area contributed by atoms with Crippen LogP contribution in [0.1, 0.15) is 12.5 Å². The zero-order valence-corrected chi connectivity index (χ0v) is 12.9. The molecule has 0 saturated carbocycles. The van der Waals surface area contributed by atoms with Gasteiger partial charge in [0, 0.05) is 38.8 Å². The molecule has 0 aromatic heterocycles. The molecule has 1 saturated heterocycles. The van der Waals surface area contributed by atoms with Crippen LogP contribution >= 0.6 is 0 Å². The van der Waals surface area contributed by atoms with Gasteiger partial charge in [-0.2, -0.15) is 0 Å². The molecule has 0 amide bonds.